The SMILES string of the molecule is C1=Cc2c(n(-c3cc(-c4ccc[nH]4)cc(N(c4ccccc4)c4ccccc4)c3)c3c2c2ccccc2n3-c2ccccc2)CN1. The normalized spacial score (nSPS) is 12.3. The molecule has 0 fully saturated rings. The Bertz CT molecular complexity index is 2310. The minimum absolute atomic E-state index is 0.729. The molecule has 8 aromatic rings. The maximum atomic E-state index is 3.51. The monoisotopic (exact) mass is 593 g/mol. The topological polar surface area (TPSA) is 40.9 Å². The Labute approximate surface area is 267 Å². The minimum atomic E-state index is 0.729. The highest BCUT2D eigenvalue weighted by Crippen LogP contribution is 2.43. The van der Waals surface area contributed by atoms with Crippen LogP contribution in [0.3, 0.4) is 0 Å². The summed E-state index contributed by atoms with van der Waals surface area (Å²) < 4.78 is 4.89. The Morgan fingerprint density at radius 2 is 1.28 bits per heavy atom. The maximum Gasteiger partial charge on any atom is 0.131 e. The summed E-state index contributed by atoms with van der Waals surface area (Å²) in [7, 11) is 0. The highest BCUT2D eigenvalue weighted by molar-refractivity contribution is 6.13. The number of fused-ring (bicyclic) bond motifs is 5. The van der Waals surface area contributed by atoms with Gasteiger partial charge in [-0.1, -0.05) is 72.8 Å². The number of nitrogens with one attached hydrogen (secondary N) is 2. The fourth-order valence-electron chi connectivity index (χ4n) is 6.98. The molecule has 5 nitrogen and oxygen atoms in total. The smallest absolute Gasteiger partial charge is 0.131 e. The van der Waals surface area contributed by atoms with E-state index >= 15 is 0 Å². The number of hydrogen-bond donors (Lipinski definition) is 2. The van der Waals surface area contributed by atoms with Gasteiger partial charge in [-0.05, 0) is 85.1 Å². The lowest BCUT2D eigenvalue weighted by Crippen LogP contribution is -2.15. The molecule has 4 heterocycles. The Balaban J connectivity index is 1.40. The molecule has 0 atom stereocenters. The summed E-state index contributed by atoms with van der Waals surface area (Å²) in [5, 5.41) is 6.03. The Morgan fingerprint density at radius 1 is 0.587 bits per heavy atom. The molecule has 46 heavy (non-hydrogen) atoms. The molecule has 0 aliphatic carbocycles. The van der Waals surface area contributed by atoms with Crippen molar-refractivity contribution in [2.45, 2.75) is 6.54 Å². The first-order chi connectivity index (χ1) is 22.8. The highest BCUT2D eigenvalue weighted by Gasteiger charge is 2.27. The third-order valence-electron chi connectivity index (χ3n) is 8.92. The van der Waals surface area contributed by atoms with Crippen LogP contribution in [0.1, 0.15) is 11.3 Å². The second-order valence-corrected chi connectivity index (χ2v) is 11.6. The number of hydrogen-bond acceptors (Lipinski definition) is 2. The lowest BCUT2D eigenvalue weighted by Gasteiger charge is -2.27. The first-order valence-corrected chi connectivity index (χ1v) is 15.7. The number of rotatable bonds is 6. The van der Waals surface area contributed by atoms with E-state index in [1.165, 1.54) is 27.5 Å². The van der Waals surface area contributed by atoms with E-state index in [2.05, 4.69) is 182 Å². The molecular formula is C41H31N5. The predicted octanol–water partition coefficient (Wildman–Crippen LogP) is 10.1. The van der Waals surface area contributed by atoms with Crippen LogP contribution in [0.25, 0.3) is 50.6 Å². The lowest BCUT2D eigenvalue weighted by atomic mass is 10.1. The Hall–Kier alpha value is -6.20. The Morgan fingerprint density at radius 3 is 2.00 bits per heavy atom. The van der Waals surface area contributed by atoms with Crippen LogP contribution < -0.4 is 10.2 Å². The van der Waals surface area contributed by atoms with Gasteiger partial charge in [-0.3, -0.25) is 9.13 Å². The van der Waals surface area contributed by atoms with Gasteiger partial charge in [0.05, 0.1) is 23.4 Å². The van der Waals surface area contributed by atoms with E-state index in [9.17, 15) is 0 Å². The molecule has 5 aromatic carbocycles. The van der Waals surface area contributed by atoms with Crippen molar-refractivity contribution in [1.82, 2.24) is 19.4 Å². The van der Waals surface area contributed by atoms with Gasteiger partial charge in [-0.2, -0.15) is 0 Å². The van der Waals surface area contributed by atoms with Gasteiger partial charge in [0.1, 0.15) is 5.65 Å². The summed E-state index contributed by atoms with van der Waals surface area (Å²) in [5.41, 5.74) is 12.6. The second kappa shape index (κ2) is 10.8. The van der Waals surface area contributed by atoms with Crippen LogP contribution in [0.15, 0.2) is 158 Å². The number of para-hydroxylation sites is 4. The molecule has 0 spiro atoms. The molecular weight excluding hydrogens is 562 g/mol. The van der Waals surface area contributed by atoms with E-state index < -0.39 is 0 Å². The van der Waals surface area contributed by atoms with Gasteiger partial charge < -0.3 is 15.2 Å². The third-order valence-corrected chi connectivity index (χ3v) is 8.92. The number of benzene rings is 5. The molecule has 1 aliphatic rings. The second-order valence-electron chi connectivity index (χ2n) is 11.6. The highest BCUT2D eigenvalue weighted by atomic mass is 15.2. The summed E-state index contributed by atoms with van der Waals surface area (Å²) in [4.78, 5) is 5.81. The summed E-state index contributed by atoms with van der Waals surface area (Å²) in [6, 6.07) is 51.8. The fourth-order valence-corrected chi connectivity index (χ4v) is 6.98. The van der Waals surface area contributed by atoms with Crippen molar-refractivity contribution < 1.29 is 0 Å². The number of aromatic amines is 1. The number of nitrogens with zero attached hydrogens (tertiary/aromatic N) is 3. The molecule has 0 unspecified atom stereocenters. The summed E-state index contributed by atoms with van der Waals surface area (Å²) in [6.07, 6.45) is 6.30. The van der Waals surface area contributed by atoms with Gasteiger partial charge in [-0.25, -0.2) is 0 Å². The zero-order chi connectivity index (χ0) is 30.5. The van der Waals surface area contributed by atoms with Gasteiger partial charge in [0, 0.05) is 56.5 Å². The summed E-state index contributed by atoms with van der Waals surface area (Å²) in [5.74, 6) is 0. The van der Waals surface area contributed by atoms with Crippen LogP contribution in [-0.2, 0) is 6.54 Å². The molecule has 220 valence electrons. The molecule has 0 saturated carbocycles. The van der Waals surface area contributed by atoms with Crippen LogP contribution >= 0.6 is 0 Å². The van der Waals surface area contributed by atoms with Gasteiger partial charge in [0.25, 0.3) is 0 Å². The molecule has 9 rings (SSSR count). The quantitative estimate of drug-likeness (QED) is 0.201. The van der Waals surface area contributed by atoms with Crippen molar-refractivity contribution in [2.75, 3.05) is 4.90 Å². The van der Waals surface area contributed by atoms with E-state index in [0.29, 0.717) is 0 Å². The molecule has 1 aliphatic heterocycles. The third kappa shape index (κ3) is 4.17. The average molecular weight is 594 g/mol. The minimum Gasteiger partial charge on any atom is -0.385 e. The van der Waals surface area contributed by atoms with E-state index in [0.717, 1.165) is 51.9 Å². The molecule has 5 heteroatoms. The van der Waals surface area contributed by atoms with Crippen LogP contribution in [-0.4, -0.2) is 14.1 Å². The van der Waals surface area contributed by atoms with Crippen LogP contribution in [0, 0.1) is 0 Å². The van der Waals surface area contributed by atoms with Crippen molar-refractivity contribution in [3.05, 3.63) is 169 Å². The van der Waals surface area contributed by atoms with Crippen molar-refractivity contribution >= 4 is 45.1 Å². The van der Waals surface area contributed by atoms with E-state index in [-0.39, 0.29) is 0 Å². The van der Waals surface area contributed by atoms with Gasteiger partial charge in [0.15, 0.2) is 0 Å². The van der Waals surface area contributed by atoms with Crippen LogP contribution in [0.4, 0.5) is 17.1 Å². The van der Waals surface area contributed by atoms with E-state index in [1.807, 2.05) is 6.20 Å². The Kier molecular flexibility index (Phi) is 6.13. The summed E-state index contributed by atoms with van der Waals surface area (Å²) in [6.45, 7) is 0.729. The first-order valence-electron chi connectivity index (χ1n) is 15.7. The van der Waals surface area contributed by atoms with Crippen molar-refractivity contribution in [2.24, 2.45) is 0 Å². The molecule has 2 N–H and O–H groups in total. The standard InChI is InChI=1S/C41H31N5/c1-4-13-30(14-5-1)44(31-15-6-2-7-16-31)33-25-29(37-20-12-23-43-37)26-34(27-33)46-39-28-42-24-22-36(39)40-35-19-10-11-21-38(35)45(41(40)46)32-17-8-3-9-18-32/h1-27,42-43H,28H2. The zero-order valence-electron chi connectivity index (χ0n) is 25.1. The first kappa shape index (κ1) is 26.2. The van der Waals surface area contributed by atoms with Crippen molar-refractivity contribution in [3.8, 4) is 22.6 Å². The van der Waals surface area contributed by atoms with Crippen LogP contribution in [0.2, 0.25) is 0 Å². The lowest BCUT2D eigenvalue weighted by molar-refractivity contribution is 0.797. The number of H-pyrrole nitrogens is 1. The van der Waals surface area contributed by atoms with Gasteiger partial charge in [-0.15, -0.1) is 0 Å². The zero-order valence-corrected chi connectivity index (χ0v) is 25.1. The van der Waals surface area contributed by atoms with Gasteiger partial charge in [0.2, 0.25) is 0 Å². The number of anilines is 3. The fraction of sp³-hybridized carbons (Fsp3) is 0.0244. The molecule has 0 amide bonds. The van der Waals surface area contributed by atoms with Crippen molar-refractivity contribution in [1.29, 1.82) is 0 Å². The molecule has 0 bridgehead atoms. The van der Waals surface area contributed by atoms with E-state index in [4.69, 9.17) is 0 Å². The molecule has 0 saturated heterocycles. The van der Waals surface area contributed by atoms with Crippen LogP contribution in [0.5, 0.6) is 0 Å². The van der Waals surface area contributed by atoms with Crippen molar-refractivity contribution in [3.63, 3.8) is 0 Å². The molecule has 0 radical (unpaired) electrons. The summed E-state index contributed by atoms with van der Waals surface area (Å²) >= 11 is 0. The largest absolute Gasteiger partial charge is 0.385 e. The van der Waals surface area contributed by atoms with E-state index in [1.54, 1.807) is 0 Å². The molecule has 3 aromatic heterocycles. The average Bonchev–Trinajstić information content (AvgIpc) is 3.85. The predicted molar refractivity (Wildman–Crippen MR) is 190 cm³/mol. The van der Waals surface area contributed by atoms with Gasteiger partial charge >= 0.3 is 0 Å². The number of aromatic nitrogens is 3. The maximum absolute atomic E-state index is 3.51.